The van der Waals surface area contributed by atoms with Gasteiger partial charge in [0, 0.05) is 11.9 Å². The Hall–Kier alpha value is 0.465. The molecule has 0 aromatic heterocycles. The molecule has 0 spiro atoms. The van der Waals surface area contributed by atoms with Gasteiger partial charge in [0.2, 0.25) is 0 Å². The Bertz CT molecular complexity index is 32.1. The second kappa shape index (κ2) is 6.46. The van der Waals surface area contributed by atoms with E-state index in [1.165, 1.54) is 0 Å². The van der Waals surface area contributed by atoms with Crippen molar-refractivity contribution in [1.82, 2.24) is 0 Å². The maximum absolute atomic E-state index is 8.06. The fourth-order valence-electron chi connectivity index (χ4n) is 0.221. The highest BCUT2D eigenvalue weighted by Crippen LogP contribution is 1.85. The summed E-state index contributed by atoms with van der Waals surface area (Å²) in [7, 11) is -0.160. The molecule has 0 amide bonds. The zero-order valence-corrected chi connectivity index (χ0v) is 5.65. The molecule has 0 unspecified atom stereocenters. The van der Waals surface area contributed by atoms with Gasteiger partial charge < -0.3 is 9.68 Å². The summed E-state index contributed by atoms with van der Waals surface area (Å²) in [4.78, 5) is 0. The Kier molecular flexibility index (Phi) is 6.89. The van der Waals surface area contributed by atoms with Gasteiger partial charge in [0.1, 0.15) is 0 Å². The monoisotopic (exact) mass is 166 g/mol. The van der Waals surface area contributed by atoms with Gasteiger partial charge in [0.25, 0.3) is 0 Å². The van der Waals surface area contributed by atoms with Crippen LogP contribution in [0, 0.1) is 0 Å². The van der Waals surface area contributed by atoms with E-state index >= 15 is 0 Å². The number of hydrogen-bond acceptors (Lipinski definition) is 2. The predicted molar refractivity (Wildman–Crippen MR) is 33.7 cm³/mol. The third kappa shape index (κ3) is 6.46. The number of alkyl halides is 1. The Labute approximate surface area is 52.3 Å². The molecule has 0 aliphatic rings. The van der Waals surface area contributed by atoms with Crippen molar-refractivity contribution in [3.05, 3.63) is 0 Å². The SMILES string of the molecule is OBOCCCBr. The summed E-state index contributed by atoms with van der Waals surface area (Å²) in [6, 6.07) is 0. The second-order valence-corrected chi connectivity index (χ2v) is 1.87. The van der Waals surface area contributed by atoms with E-state index in [1.807, 2.05) is 0 Å². The summed E-state index contributed by atoms with van der Waals surface area (Å²) in [6.07, 6.45) is 0.959. The molecule has 0 aliphatic heterocycles. The van der Waals surface area contributed by atoms with Crippen molar-refractivity contribution in [3.8, 4) is 0 Å². The van der Waals surface area contributed by atoms with E-state index in [4.69, 9.17) is 5.02 Å². The van der Waals surface area contributed by atoms with Crippen LogP contribution in [0.4, 0.5) is 0 Å². The summed E-state index contributed by atoms with van der Waals surface area (Å²) >= 11 is 3.22. The van der Waals surface area contributed by atoms with Crippen molar-refractivity contribution in [2.45, 2.75) is 6.42 Å². The van der Waals surface area contributed by atoms with Crippen molar-refractivity contribution >= 4 is 23.6 Å². The quantitative estimate of drug-likeness (QED) is 0.364. The Morgan fingerprint density at radius 1 is 1.71 bits per heavy atom. The maximum Gasteiger partial charge on any atom is 0.435 e. The van der Waals surface area contributed by atoms with E-state index in [0.29, 0.717) is 6.61 Å². The Balaban J connectivity index is 2.45. The lowest BCUT2D eigenvalue weighted by Gasteiger charge is -1.92. The van der Waals surface area contributed by atoms with Crippen LogP contribution in [0.15, 0.2) is 0 Å². The summed E-state index contributed by atoms with van der Waals surface area (Å²) < 4.78 is 4.60. The maximum atomic E-state index is 8.06. The molecule has 0 atom stereocenters. The second-order valence-electron chi connectivity index (χ2n) is 1.08. The topological polar surface area (TPSA) is 29.5 Å². The fourth-order valence-corrected chi connectivity index (χ4v) is 0.450. The highest BCUT2D eigenvalue weighted by atomic mass is 79.9. The standard InChI is InChI=1S/C3H8BBrO2/c5-2-1-3-7-4-6/h4,6H,1-3H2. The van der Waals surface area contributed by atoms with Crippen molar-refractivity contribution < 1.29 is 9.68 Å². The van der Waals surface area contributed by atoms with Gasteiger partial charge in [0.05, 0.1) is 0 Å². The molecule has 1 N–H and O–H groups in total. The molecule has 0 radical (unpaired) electrons. The van der Waals surface area contributed by atoms with Crippen LogP contribution in [-0.2, 0) is 4.65 Å². The van der Waals surface area contributed by atoms with Gasteiger partial charge in [-0.15, -0.1) is 0 Å². The van der Waals surface area contributed by atoms with Gasteiger partial charge >= 0.3 is 7.69 Å². The molecule has 0 fully saturated rings. The number of halogens is 1. The van der Waals surface area contributed by atoms with Crippen LogP contribution in [0.5, 0.6) is 0 Å². The molecule has 0 aromatic carbocycles. The number of hydrogen-bond donors (Lipinski definition) is 1. The third-order valence-electron chi connectivity index (χ3n) is 0.514. The molecule has 7 heavy (non-hydrogen) atoms. The summed E-state index contributed by atoms with van der Waals surface area (Å²) in [5.41, 5.74) is 0. The molecule has 0 saturated carbocycles. The molecule has 0 saturated heterocycles. The van der Waals surface area contributed by atoms with Crippen LogP contribution in [0.3, 0.4) is 0 Å². The smallest absolute Gasteiger partial charge is 0.430 e. The minimum Gasteiger partial charge on any atom is -0.430 e. The first-order chi connectivity index (χ1) is 3.41. The van der Waals surface area contributed by atoms with Crippen LogP contribution in [0.1, 0.15) is 6.42 Å². The van der Waals surface area contributed by atoms with E-state index in [0.717, 1.165) is 11.8 Å². The van der Waals surface area contributed by atoms with E-state index < -0.39 is 0 Å². The van der Waals surface area contributed by atoms with Gasteiger partial charge in [-0.05, 0) is 6.42 Å². The van der Waals surface area contributed by atoms with Crippen molar-refractivity contribution in [2.24, 2.45) is 0 Å². The van der Waals surface area contributed by atoms with Gasteiger partial charge in [-0.2, -0.15) is 0 Å². The Morgan fingerprint density at radius 2 is 2.43 bits per heavy atom. The summed E-state index contributed by atoms with van der Waals surface area (Å²) in [5, 5.41) is 8.99. The molecule has 0 rings (SSSR count). The van der Waals surface area contributed by atoms with Gasteiger partial charge in [-0.25, -0.2) is 0 Å². The molecular formula is C3H8BBrO2. The molecule has 0 aromatic rings. The van der Waals surface area contributed by atoms with Crippen molar-refractivity contribution in [2.75, 3.05) is 11.9 Å². The lowest BCUT2D eigenvalue weighted by Crippen LogP contribution is -1.98. The van der Waals surface area contributed by atoms with E-state index in [2.05, 4.69) is 20.6 Å². The van der Waals surface area contributed by atoms with Crippen LogP contribution in [0.25, 0.3) is 0 Å². The van der Waals surface area contributed by atoms with Crippen LogP contribution in [-0.4, -0.2) is 24.6 Å². The van der Waals surface area contributed by atoms with Crippen molar-refractivity contribution in [3.63, 3.8) is 0 Å². The summed E-state index contributed by atoms with van der Waals surface area (Å²) in [5.74, 6) is 0. The first-order valence-electron chi connectivity index (χ1n) is 2.16. The lowest BCUT2D eigenvalue weighted by atomic mass is 10.4. The first kappa shape index (κ1) is 7.46. The average molecular weight is 167 g/mol. The van der Waals surface area contributed by atoms with Crippen LogP contribution < -0.4 is 0 Å². The molecule has 0 heterocycles. The van der Waals surface area contributed by atoms with Gasteiger partial charge in [0.15, 0.2) is 0 Å². The highest BCUT2D eigenvalue weighted by Gasteiger charge is 1.82. The third-order valence-corrected chi connectivity index (χ3v) is 1.07. The molecule has 2 nitrogen and oxygen atoms in total. The Morgan fingerprint density at radius 3 is 2.86 bits per heavy atom. The predicted octanol–water partition coefficient (Wildman–Crippen LogP) is 0.0468. The molecular weight excluding hydrogens is 159 g/mol. The largest absolute Gasteiger partial charge is 0.435 e. The van der Waals surface area contributed by atoms with Gasteiger partial charge in [-0.3, -0.25) is 0 Å². The minimum atomic E-state index is -0.160. The summed E-state index contributed by atoms with van der Waals surface area (Å²) in [6.45, 7) is 0.641. The zero-order chi connectivity index (χ0) is 5.54. The van der Waals surface area contributed by atoms with E-state index in [-0.39, 0.29) is 7.69 Å². The molecule has 4 heteroatoms. The fraction of sp³-hybridized carbons (Fsp3) is 1.00. The highest BCUT2D eigenvalue weighted by molar-refractivity contribution is 9.09. The molecule has 0 bridgehead atoms. The first-order valence-corrected chi connectivity index (χ1v) is 3.28. The molecule has 0 aliphatic carbocycles. The normalized spacial score (nSPS) is 8.86. The molecule has 42 valence electrons. The van der Waals surface area contributed by atoms with Crippen LogP contribution >= 0.6 is 15.9 Å². The number of rotatable bonds is 4. The minimum absolute atomic E-state index is 0.160. The van der Waals surface area contributed by atoms with Gasteiger partial charge in [-0.1, -0.05) is 15.9 Å². The van der Waals surface area contributed by atoms with E-state index in [9.17, 15) is 0 Å². The van der Waals surface area contributed by atoms with Crippen molar-refractivity contribution in [1.29, 1.82) is 0 Å². The van der Waals surface area contributed by atoms with E-state index in [1.54, 1.807) is 0 Å². The zero-order valence-electron chi connectivity index (χ0n) is 4.06. The van der Waals surface area contributed by atoms with Crippen LogP contribution in [0.2, 0.25) is 0 Å². The average Bonchev–Trinajstić information content (AvgIpc) is 1.69. The lowest BCUT2D eigenvalue weighted by molar-refractivity contribution is 0.286.